The van der Waals surface area contributed by atoms with Crippen molar-refractivity contribution in [2.24, 2.45) is 11.8 Å². The number of carboxylic acid groups (broad SMARTS) is 1. The summed E-state index contributed by atoms with van der Waals surface area (Å²) in [6.45, 7) is 0.554. The number of β-amino-alcohol motifs (C(OH)–C–C–N with tert-alkyl or cyclic N) is 1. The Morgan fingerprint density at radius 2 is 1.66 bits per heavy atom. The largest absolute Gasteiger partial charge is 0.480 e. The summed E-state index contributed by atoms with van der Waals surface area (Å²) in [6.07, 6.45) is 0.963. The molecule has 3 aliphatic rings. The number of ether oxygens (including phenoxy) is 1. The lowest BCUT2D eigenvalue weighted by molar-refractivity contribution is -0.150. The highest BCUT2D eigenvalue weighted by Gasteiger charge is 2.44. The number of benzene rings is 2. The van der Waals surface area contributed by atoms with Crippen molar-refractivity contribution < 1.29 is 29.3 Å². The Balaban J connectivity index is 1.17. The van der Waals surface area contributed by atoms with Crippen molar-refractivity contribution >= 4 is 18.0 Å². The van der Waals surface area contributed by atoms with Crippen LogP contribution in [0.4, 0.5) is 4.79 Å². The Kier molecular flexibility index (Phi) is 6.47. The second-order valence-electron chi connectivity index (χ2n) is 9.74. The van der Waals surface area contributed by atoms with Gasteiger partial charge in [0.1, 0.15) is 12.6 Å². The van der Waals surface area contributed by atoms with Crippen LogP contribution in [0.25, 0.3) is 11.1 Å². The highest BCUT2D eigenvalue weighted by atomic mass is 16.5. The molecule has 2 amide bonds. The van der Waals surface area contributed by atoms with Gasteiger partial charge in [-0.1, -0.05) is 55.0 Å². The van der Waals surface area contributed by atoms with Crippen LogP contribution in [0.2, 0.25) is 0 Å². The van der Waals surface area contributed by atoms with Crippen molar-refractivity contribution in [2.45, 2.75) is 43.7 Å². The number of hydrogen-bond acceptors (Lipinski definition) is 5. The van der Waals surface area contributed by atoms with E-state index in [9.17, 15) is 24.6 Å². The number of alkyl carbamates (subject to hydrolysis) is 1. The molecule has 35 heavy (non-hydrogen) atoms. The molecule has 0 unspecified atom stereocenters. The molecule has 0 radical (unpaired) electrons. The van der Waals surface area contributed by atoms with Crippen LogP contribution in [0.15, 0.2) is 48.5 Å². The molecular formula is C27H30N2O6. The van der Waals surface area contributed by atoms with E-state index in [4.69, 9.17) is 4.74 Å². The molecular weight excluding hydrogens is 448 g/mol. The molecule has 1 saturated carbocycles. The van der Waals surface area contributed by atoms with E-state index in [0.29, 0.717) is 13.0 Å². The van der Waals surface area contributed by atoms with Gasteiger partial charge in [-0.25, -0.2) is 9.59 Å². The van der Waals surface area contributed by atoms with Gasteiger partial charge in [0.2, 0.25) is 5.91 Å². The van der Waals surface area contributed by atoms with E-state index in [1.165, 1.54) is 4.90 Å². The van der Waals surface area contributed by atoms with Gasteiger partial charge in [0.25, 0.3) is 0 Å². The van der Waals surface area contributed by atoms with Gasteiger partial charge in [0.15, 0.2) is 0 Å². The quantitative estimate of drug-likeness (QED) is 0.588. The van der Waals surface area contributed by atoms with Crippen LogP contribution in [0.5, 0.6) is 0 Å². The summed E-state index contributed by atoms with van der Waals surface area (Å²) >= 11 is 0. The first-order valence-corrected chi connectivity index (χ1v) is 12.2. The van der Waals surface area contributed by atoms with Crippen LogP contribution in [-0.2, 0) is 14.3 Å². The Hall–Kier alpha value is -3.39. The van der Waals surface area contributed by atoms with Gasteiger partial charge in [0.05, 0.1) is 6.10 Å². The average Bonchev–Trinajstić information content (AvgIpc) is 3.57. The van der Waals surface area contributed by atoms with Gasteiger partial charge < -0.3 is 25.2 Å². The summed E-state index contributed by atoms with van der Waals surface area (Å²) in [4.78, 5) is 38.5. The number of rotatable bonds is 6. The predicted octanol–water partition coefficient (Wildman–Crippen LogP) is 2.99. The number of hydrogen-bond donors (Lipinski definition) is 3. The molecule has 0 aromatic heterocycles. The van der Waals surface area contributed by atoms with Crippen molar-refractivity contribution in [2.75, 3.05) is 19.7 Å². The molecule has 8 nitrogen and oxygen atoms in total. The topological polar surface area (TPSA) is 116 Å². The van der Waals surface area contributed by atoms with E-state index < -0.39 is 24.2 Å². The normalized spacial score (nSPS) is 25.2. The minimum atomic E-state index is -1.10. The van der Waals surface area contributed by atoms with E-state index >= 15 is 0 Å². The molecule has 1 aliphatic heterocycles. The predicted molar refractivity (Wildman–Crippen MR) is 128 cm³/mol. The average molecular weight is 479 g/mol. The molecule has 2 fully saturated rings. The van der Waals surface area contributed by atoms with Crippen molar-refractivity contribution in [1.29, 1.82) is 0 Å². The van der Waals surface area contributed by atoms with E-state index in [1.807, 2.05) is 24.3 Å². The van der Waals surface area contributed by atoms with Gasteiger partial charge in [-0.3, -0.25) is 4.79 Å². The van der Waals surface area contributed by atoms with E-state index in [0.717, 1.165) is 35.1 Å². The maximum atomic E-state index is 13.1. The van der Waals surface area contributed by atoms with E-state index in [1.54, 1.807) is 0 Å². The lowest BCUT2D eigenvalue weighted by atomic mass is 9.94. The molecule has 1 saturated heterocycles. The number of aliphatic hydroxyl groups is 1. The molecule has 3 N–H and O–H groups in total. The lowest BCUT2D eigenvalue weighted by Crippen LogP contribution is -2.45. The number of carboxylic acids is 1. The standard InChI is InChI=1S/C27H30N2O6/c30-17-12-24(26(32)33)29(14-17)25(31)18-11-5-6-16(18)13-28-27(34)35-15-23-21-9-3-1-7-19(21)20-8-2-4-10-22(20)23/h1-4,7-10,16-18,23-24,30H,5-6,11-15H2,(H,28,34)(H,32,33)/t16-,17-,18-,24-/m1/s1. The van der Waals surface area contributed by atoms with E-state index in [-0.39, 0.29) is 43.2 Å². The number of aliphatic hydroxyl groups excluding tert-OH is 1. The fourth-order valence-electron chi connectivity index (χ4n) is 5.97. The summed E-state index contributed by atoms with van der Waals surface area (Å²) in [5.41, 5.74) is 4.61. The highest BCUT2D eigenvalue weighted by molar-refractivity contribution is 5.86. The number of aliphatic carboxylic acids is 1. The van der Waals surface area contributed by atoms with Gasteiger partial charge in [-0.2, -0.15) is 0 Å². The number of carbonyl (C=O) groups is 3. The molecule has 4 atom stereocenters. The summed E-state index contributed by atoms with van der Waals surface area (Å²) < 4.78 is 5.60. The van der Waals surface area contributed by atoms with Crippen molar-refractivity contribution in [1.82, 2.24) is 10.2 Å². The molecule has 2 aliphatic carbocycles. The highest BCUT2D eigenvalue weighted by Crippen LogP contribution is 2.44. The first-order chi connectivity index (χ1) is 16.9. The van der Waals surface area contributed by atoms with Crippen LogP contribution in [0, 0.1) is 11.8 Å². The Bertz CT molecular complexity index is 1090. The van der Waals surface area contributed by atoms with Gasteiger partial charge >= 0.3 is 12.1 Å². The summed E-state index contributed by atoms with van der Waals surface area (Å²) in [6, 6.07) is 15.3. The summed E-state index contributed by atoms with van der Waals surface area (Å²) in [5.74, 6) is -1.82. The number of carbonyl (C=O) groups excluding carboxylic acids is 2. The minimum absolute atomic E-state index is 0.0245. The van der Waals surface area contributed by atoms with Gasteiger partial charge in [-0.15, -0.1) is 0 Å². The van der Waals surface area contributed by atoms with Crippen LogP contribution in [-0.4, -0.2) is 64.9 Å². The Morgan fingerprint density at radius 1 is 1.00 bits per heavy atom. The second-order valence-corrected chi connectivity index (χ2v) is 9.74. The smallest absolute Gasteiger partial charge is 0.407 e. The fourth-order valence-corrected chi connectivity index (χ4v) is 5.97. The molecule has 5 rings (SSSR count). The SMILES string of the molecule is O=C(NC[C@H]1CCC[C@H]1C(=O)N1C[C@H](O)C[C@@H]1C(=O)O)OCC1c2ccccc2-c2ccccc21. The number of fused-ring (bicyclic) bond motifs is 3. The van der Waals surface area contributed by atoms with Gasteiger partial charge in [0, 0.05) is 31.3 Å². The van der Waals surface area contributed by atoms with Crippen LogP contribution in [0.3, 0.4) is 0 Å². The van der Waals surface area contributed by atoms with Crippen LogP contribution >= 0.6 is 0 Å². The summed E-state index contributed by atoms with van der Waals surface area (Å²) in [7, 11) is 0. The zero-order valence-electron chi connectivity index (χ0n) is 19.4. The van der Waals surface area contributed by atoms with Crippen LogP contribution < -0.4 is 5.32 Å². The lowest BCUT2D eigenvalue weighted by Gasteiger charge is -2.27. The number of amides is 2. The monoisotopic (exact) mass is 478 g/mol. The number of nitrogens with one attached hydrogen (secondary N) is 1. The third-order valence-electron chi connectivity index (χ3n) is 7.68. The molecule has 0 spiro atoms. The van der Waals surface area contributed by atoms with Gasteiger partial charge in [-0.05, 0) is 41.0 Å². The van der Waals surface area contributed by atoms with Crippen molar-refractivity contribution in [3.8, 4) is 11.1 Å². The Labute approximate surface area is 203 Å². The van der Waals surface area contributed by atoms with Crippen LogP contribution in [0.1, 0.15) is 42.7 Å². The van der Waals surface area contributed by atoms with Crippen molar-refractivity contribution in [3.63, 3.8) is 0 Å². The Morgan fingerprint density at radius 3 is 2.31 bits per heavy atom. The molecule has 8 heteroatoms. The molecule has 1 heterocycles. The third-order valence-corrected chi connectivity index (χ3v) is 7.68. The van der Waals surface area contributed by atoms with Crippen molar-refractivity contribution in [3.05, 3.63) is 59.7 Å². The maximum absolute atomic E-state index is 13.1. The zero-order chi connectivity index (χ0) is 24.5. The molecule has 0 bridgehead atoms. The summed E-state index contributed by atoms with van der Waals surface area (Å²) in [5, 5.41) is 22.1. The first-order valence-electron chi connectivity index (χ1n) is 12.2. The van der Waals surface area contributed by atoms with E-state index in [2.05, 4.69) is 29.6 Å². The first kappa shape index (κ1) is 23.4. The fraction of sp³-hybridized carbons (Fsp3) is 0.444. The number of likely N-dealkylation sites (tertiary alicyclic amines) is 1. The zero-order valence-corrected chi connectivity index (χ0v) is 19.4. The number of nitrogens with zero attached hydrogens (tertiary/aromatic N) is 1. The molecule has 2 aromatic carbocycles. The third kappa shape index (κ3) is 4.50. The minimum Gasteiger partial charge on any atom is -0.480 e. The second kappa shape index (κ2) is 9.70. The molecule has 2 aromatic rings. The molecule has 184 valence electrons. The maximum Gasteiger partial charge on any atom is 0.407 e.